The van der Waals surface area contributed by atoms with Crippen LogP contribution in [-0.2, 0) is 0 Å². The topological polar surface area (TPSA) is 71.2 Å². The highest BCUT2D eigenvalue weighted by Crippen LogP contribution is 2.33. The number of aliphatic hydroxyl groups excluding tert-OH is 1. The molecule has 1 aromatic heterocycles. The van der Waals surface area contributed by atoms with Gasteiger partial charge in [-0.15, -0.1) is 0 Å². The van der Waals surface area contributed by atoms with Crippen LogP contribution in [-0.4, -0.2) is 27.9 Å². The zero-order valence-corrected chi connectivity index (χ0v) is 9.22. The van der Waals surface area contributed by atoms with E-state index in [1.54, 1.807) is 0 Å². The zero-order valence-electron chi connectivity index (χ0n) is 9.22. The summed E-state index contributed by atoms with van der Waals surface area (Å²) in [6.07, 6.45) is 5.29. The van der Waals surface area contributed by atoms with E-state index in [0.29, 0.717) is 24.8 Å². The van der Waals surface area contributed by atoms with Crippen LogP contribution in [0.15, 0.2) is 4.52 Å². The molecule has 0 radical (unpaired) electrons. The van der Waals surface area contributed by atoms with Crippen molar-refractivity contribution in [1.29, 1.82) is 0 Å². The van der Waals surface area contributed by atoms with Gasteiger partial charge >= 0.3 is 0 Å². The van der Waals surface area contributed by atoms with E-state index in [2.05, 4.69) is 15.5 Å². The van der Waals surface area contributed by atoms with Crippen LogP contribution in [0.2, 0.25) is 0 Å². The molecule has 3 rings (SSSR count). The molecule has 2 fully saturated rings. The SMILES string of the molecule is O[C@H]1CN[C@@H](c2nc(C3CCCC3)no2)C1. The Balaban J connectivity index is 1.72. The molecule has 0 amide bonds. The molecule has 2 atom stereocenters. The van der Waals surface area contributed by atoms with Gasteiger partial charge in [0.25, 0.3) is 0 Å². The fourth-order valence-electron chi connectivity index (χ4n) is 2.64. The minimum atomic E-state index is -0.285. The maximum absolute atomic E-state index is 9.43. The summed E-state index contributed by atoms with van der Waals surface area (Å²) in [7, 11) is 0. The maximum atomic E-state index is 9.43. The average molecular weight is 223 g/mol. The number of β-amino-alcohol motifs (C(OH)–C–C–N with tert-alkyl or cyclic N) is 1. The van der Waals surface area contributed by atoms with Crippen molar-refractivity contribution >= 4 is 0 Å². The normalized spacial score (nSPS) is 31.3. The van der Waals surface area contributed by atoms with Crippen molar-refractivity contribution < 1.29 is 9.63 Å². The Labute approximate surface area is 94.2 Å². The molecule has 2 heterocycles. The van der Waals surface area contributed by atoms with Gasteiger partial charge in [0.15, 0.2) is 5.82 Å². The van der Waals surface area contributed by atoms with Crippen LogP contribution in [0.5, 0.6) is 0 Å². The second-order valence-electron chi connectivity index (χ2n) is 4.82. The Morgan fingerprint density at radius 1 is 1.31 bits per heavy atom. The summed E-state index contributed by atoms with van der Waals surface area (Å²) < 4.78 is 5.27. The number of hydrogen-bond acceptors (Lipinski definition) is 5. The van der Waals surface area contributed by atoms with Gasteiger partial charge in [-0.25, -0.2) is 0 Å². The Bertz CT molecular complexity index is 360. The van der Waals surface area contributed by atoms with Crippen LogP contribution in [0.1, 0.15) is 55.8 Å². The van der Waals surface area contributed by atoms with Gasteiger partial charge in [-0.1, -0.05) is 18.0 Å². The van der Waals surface area contributed by atoms with E-state index in [-0.39, 0.29) is 12.1 Å². The summed E-state index contributed by atoms with van der Waals surface area (Å²) in [6.45, 7) is 0.617. The molecule has 5 heteroatoms. The van der Waals surface area contributed by atoms with Crippen molar-refractivity contribution in [2.24, 2.45) is 0 Å². The highest BCUT2D eigenvalue weighted by atomic mass is 16.5. The monoisotopic (exact) mass is 223 g/mol. The largest absolute Gasteiger partial charge is 0.392 e. The molecule has 1 aliphatic carbocycles. The third-order valence-electron chi connectivity index (χ3n) is 3.58. The molecule has 0 unspecified atom stereocenters. The maximum Gasteiger partial charge on any atom is 0.243 e. The Morgan fingerprint density at radius 3 is 2.81 bits per heavy atom. The van der Waals surface area contributed by atoms with Gasteiger partial charge in [-0.3, -0.25) is 0 Å². The van der Waals surface area contributed by atoms with E-state index in [9.17, 15) is 5.11 Å². The Hall–Kier alpha value is -0.940. The van der Waals surface area contributed by atoms with E-state index in [4.69, 9.17) is 4.52 Å². The van der Waals surface area contributed by atoms with Crippen LogP contribution in [0.4, 0.5) is 0 Å². The van der Waals surface area contributed by atoms with Crippen LogP contribution < -0.4 is 5.32 Å². The van der Waals surface area contributed by atoms with Gasteiger partial charge < -0.3 is 14.9 Å². The van der Waals surface area contributed by atoms with Crippen molar-refractivity contribution in [2.45, 2.75) is 50.2 Å². The number of rotatable bonds is 2. The standard InChI is InChI=1S/C11H17N3O2/c15-8-5-9(12-6-8)11-13-10(14-16-11)7-3-1-2-4-7/h7-9,12,15H,1-6H2/t8-,9-/m1/s1. The molecular formula is C11H17N3O2. The molecule has 2 N–H and O–H groups in total. The smallest absolute Gasteiger partial charge is 0.243 e. The lowest BCUT2D eigenvalue weighted by Crippen LogP contribution is -2.15. The first-order valence-corrected chi connectivity index (χ1v) is 6.08. The second kappa shape index (κ2) is 4.14. The third kappa shape index (κ3) is 1.85. The Morgan fingerprint density at radius 2 is 2.12 bits per heavy atom. The first-order chi connectivity index (χ1) is 7.83. The summed E-state index contributed by atoms with van der Waals surface area (Å²) in [5, 5.41) is 16.7. The van der Waals surface area contributed by atoms with Gasteiger partial charge in [-0.2, -0.15) is 4.98 Å². The molecular weight excluding hydrogens is 206 g/mol. The molecule has 1 saturated heterocycles. The van der Waals surface area contributed by atoms with Crippen LogP contribution in [0, 0.1) is 0 Å². The Kier molecular flexibility index (Phi) is 2.65. The number of aliphatic hydroxyl groups is 1. The highest BCUT2D eigenvalue weighted by Gasteiger charge is 2.29. The molecule has 1 aromatic rings. The summed E-state index contributed by atoms with van der Waals surface area (Å²) in [5.41, 5.74) is 0. The number of hydrogen-bond donors (Lipinski definition) is 2. The molecule has 0 spiro atoms. The summed E-state index contributed by atoms with van der Waals surface area (Å²) in [6, 6.07) is 0.0395. The minimum Gasteiger partial charge on any atom is -0.392 e. The molecule has 2 aliphatic rings. The van der Waals surface area contributed by atoms with Crippen LogP contribution >= 0.6 is 0 Å². The molecule has 0 bridgehead atoms. The molecule has 0 aromatic carbocycles. The fraction of sp³-hybridized carbons (Fsp3) is 0.818. The van der Waals surface area contributed by atoms with E-state index in [1.165, 1.54) is 25.7 Å². The number of aromatic nitrogens is 2. The van der Waals surface area contributed by atoms with E-state index >= 15 is 0 Å². The molecule has 1 aliphatic heterocycles. The van der Waals surface area contributed by atoms with Crippen molar-refractivity contribution in [1.82, 2.24) is 15.5 Å². The van der Waals surface area contributed by atoms with E-state index in [1.807, 2.05) is 0 Å². The first-order valence-electron chi connectivity index (χ1n) is 6.08. The summed E-state index contributed by atoms with van der Waals surface area (Å²) >= 11 is 0. The van der Waals surface area contributed by atoms with Gasteiger partial charge in [0.1, 0.15) is 0 Å². The van der Waals surface area contributed by atoms with Gasteiger partial charge in [0.05, 0.1) is 12.1 Å². The zero-order chi connectivity index (χ0) is 11.0. The van der Waals surface area contributed by atoms with Crippen molar-refractivity contribution in [3.63, 3.8) is 0 Å². The second-order valence-corrected chi connectivity index (χ2v) is 4.82. The number of nitrogens with one attached hydrogen (secondary N) is 1. The predicted molar refractivity (Wildman–Crippen MR) is 56.9 cm³/mol. The lowest BCUT2D eigenvalue weighted by Gasteiger charge is -2.02. The van der Waals surface area contributed by atoms with Crippen LogP contribution in [0.3, 0.4) is 0 Å². The van der Waals surface area contributed by atoms with Gasteiger partial charge in [-0.05, 0) is 19.3 Å². The molecule has 16 heavy (non-hydrogen) atoms. The summed E-state index contributed by atoms with van der Waals surface area (Å²) in [5.74, 6) is 1.98. The first kappa shape index (κ1) is 10.2. The molecule has 1 saturated carbocycles. The number of nitrogens with zero attached hydrogens (tertiary/aromatic N) is 2. The summed E-state index contributed by atoms with van der Waals surface area (Å²) in [4.78, 5) is 4.46. The lowest BCUT2D eigenvalue weighted by atomic mass is 10.1. The fourth-order valence-corrected chi connectivity index (χ4v) is 2.64. The van der Waals surface area contributed by atoms with Crippen LogP contribution in [0.25, 0.3) is 0 Å². The predicted octanol–water partition coefficient (Wildman–Crippen LogP) is 1.12. The van der Waals surface area contributed by atoms with Crippen molar-refractivity contribution in [3.05, 3.63) is 11.7 Å². The average Bonchev–Trinajstić information content (AvgIpc) is 2.97. The van der Waals surface area contributed by atoms with E-state index < -0.39 is 0 Å². The van der Waals surface area contributed by atoms with E-state index in [0.717, 1.165) is 5.82 Å². The molecule has 88 valence electrons. The lowest BCUT2D eigenvalue weighted by molar-refractivity contribution is 0.191. The van der Waals surface area contributed by atoms with Gasteiger partial charge in [0, 0.05) is 12.5 Å². The minimum absolute atomic E-state index is 0.0395. The third-order valence-corrected chi connectivity index (χ3v) is 3.58. The van der Waals surface area contributed by atoms with Crippen molar-refractivity contribution in [3.8, 4) is 0 Å². The highest BCUT2D eigenvalue weighted by molar-refractivity contribution is 5.02. The molecule has 5 nitrogen and oxygen atoms in total. The van der Waals surface area contributed by atoms with Gasteiger partial charge in [0.2, 0.25) is 5.89 Å². The van der Waals surface area contributed by atoms with Crippen molar-refractivity contribution in [2.75, 3.05) is 6.54 Å². The quantitative estimate of drug-likeness (QED) is 0.786.